The van der Waals surface area contributed by atoms with Crippen LogP contribution in [-0.2, 0) is 4.74 Å². The molecule has 0 bridgehead atoms. The largest absolute Gasteiger partial charge is 0.492 e. The van der Waals surface area contributed by atoms with Gasteiger partial charge in [-0.2, -0.15) is 5.26 Å². The maximum atomic E-state index is 12.9. The predicted molar refractivity (Wildman–Crippen MR) is 106 cm³/mol. The fourth-order valence-electron chi connectivity index (χ4n) is 2.91. The molecule has 0 aliphatic carbocycles. The Balaban J connectivity index is 1.77. The Bertz CT molecular complexity index is 842. The van der Waals surface area contributed by atoms with Crippen LogP contribution in [0.4, 0.5) is 5.69 Å². The Morgan fingerprint density at radius 1 is 1.37 bits per heavy atom. The lowest BCUT2D eigenvalue weighted by molar-refractivity contribution is 0.102. The molecule has 0 saturated carbocycles. The van der Waals surface area contributed by atoms with E-state index in [1.807, 2.05) is 31.2 Å². The van der Waals surface area contributed by atoms with Gasteiger partial charge in [0.2, 0.25) is 0 Å². The summed E-state index contributed by atoms with van der Waals surface area (Å²) in [5.41, 5.74) is 1.57. The number of rotatable bonds is 7. The number of carbonyl (C=O) groups is 1. The first-order chi connectivity index (χ1) is 13.2. The number of hydrogen-bond donors (Lipinski definition) is 1. The third-order valence-electron chi connectivity index (χ3n) is 4.24. The van der Waals surface area contributed by atoms with Crippen LogP contribution in [-0.4, -0.2) is 31.0 Å². The zero-order valence-corrected chi connectivity index (χ0v) is 16.1. The van der Waals surface area contributed by atoms with Crippen molar-refractivity contribution in [3.05, 3.63) is 53.6 Å². The molecule has 5 nitrogen and oxygen atoms in total. The molecule has 1 amide bonds. The van der Waals surface area contributed by atoms with Gasteiger partial charge >= 0.3 is 0 Å². The molecule has 1 unspecified atom stereocenters. The van der Waals surface area contributed by atoms with Crippen LogP contribution in [0.5, 0.6) is 5.75 Å². The average molecular weight is 382 g/mol. The highest BCUT2D eigenvalue weighted by Gasteiger charge is 2.18. The number of nitrogens with one attached hydrogen (secondary N) is 1. The van der Waals surface area contributed by atoms with E-state index in [9.17, 15) is 4.79 Å². The Kier molecular flexibility index (Phi) is 6.74. The number of benzene rings is 2. The lowest BCUT2D eigenvalue weighted by Crippen LogP contribution is -2.15. The Morgan fingerprint density at radius 3 is 2.96 bits per heavy atom. The first kappa shape index (κ1) is 19.3. The van der Waals surface area contributed by atoms with Gasteiger partial charge in [-0.05, 0) is 50.1 Å². The summed E-state index contributed by atoms with van der Waals surface area (Å²) >= 11 is 1.64. The predicted octanol–water partition coefficient (Wildman–Crippen LogP) is 4.48. The maximum absolute atomic E-state index is 12.9. The summed E-state index contributed by atoms with van der Waals surface area (Å²) in [4.78, 5) is 13.8. The molecule has 0 aromatic heterocycles. The molecule has 1 fully saturated rings. The van der Waals surface area contributed by atoms with Crippen molar-refractivity contribution >= 4 is 23.4 Å². The topological polar surface area (TPSA) is 71.3 Å². The van der Waals surface area contributed by atoms with E-state index in [2.05, 4.69) is 11.4 Å². The second kappa shape index (κ2) is 9.45. The van der Waals surface area contributed by atoms with Crippen LogP contribution in [0.2, 0.25) is 0 Å². The molecule has 1 heterocycles. The molecule has 1 atom stereocenters. The van der Waals surface area contributed by atoms with E-state index >= 15 is 0 Å². The van der Waals surface area contributed by atoms with Crippen molar-refractivity contribution in [3.63, 3.8) is 0 Å². The molecule has 1 N–H and O–H groups in total. The molecule has 1 aliphatic rings. The second-order valence-corrected chi connectivity index (χ2v) is 7.21. The number of hydrogen-bond acceptors (Lipinski definition) is 5. The molecule has 6 heteroatoms. The Hall–Kier alpha value is -2.49. The third kappa shape index (κ3) is 5.03. The summed E-state index contributed by atoms with van der Waals surface area (Å²) in [6.45, 7) is 3.17. The van der Waals surface area contributed by atoms with E-state index in [1.165, 1.54) is 0 Å². The van der Waals surface area contributed by atoms with Crippen molar-refractivity contribution in [3.8, 4) is 11.8 Å². The molecule has 27 heavy (non-hydrogen) atoms. The lowest BCUT2D eigenvalue weighted by atomic mass is 10.1. The Morgan fingerprint density at radius 2 is 2.22 bits per heavy atom. The highest BCUT2D eigenvalue weighted by Crippen LogP contribution is 2.30. The second-order valence-electron chi connectivity index (χ2n) is 6.15. The molecular formula is C21H22N2O3S. The van der Waals surface area contributed by atoms with Crippen LogP contribution in [0.1, 0.15) is 35.7 Å². The van der Waals surface area contributed by atoms with Crippen LogP contribution in [0, 0.1) is 11.3 Å². The molecule has 2 aromatic rings. The van der Waals surface area contributed by atoms with Gasteiger partial charge in [-0.3, -0.25) is 4.79 Å². The number of anilines is 1. The third-order valence-corrected chi connectivity index (χ3v) is 5.44. The minimum Gasteiger partial charge on any atom is -0.492 e. The zero-order valence-electron chi connectivity index (χ0n) is 15.2. The molecule has 1 saturated heterocycles. The van der Waals surface area contributed by atoms with Gasteiger partial charge in [-0.25, -0.2) is 0 Å². The molecular weight excluding hydrogens is 360 g/mol. The first-order valence-corrected chi connectivity index (χ1v) is 10.0. The highest BCUT2D eigenvalue weighted by atomic mass is 32.2. The van der Waals surface area contributed by atoms with Gasteiger partial charge in [0, 0.05) is 17.3 Å². The summed E-state index contributed by atoms with van der Waals surface area (Å²) in [5, 5.41) is 12.0. The normalized spacial score (nSPS) is 15.9. The van der Waals surface area contributed by atoms with E-state index in [1.54, 1.807) is 30.0 Å². The van der Waals surface area contributed by atoms with Crippen LogP contribution < -0.4 is 10.1 Å². The minimum atomic E-state index is -0.221. The van der Waals surface area contributed by atoms with Crippen LogP contribution in [0.3, 0.4) is 0 Å². The summed E-state index contributed by atoms with van der Waals surface area (Å²) in [6.07, 6.45) is 2.42. The van der Waals surface area contributed by atoms with Crippen LogP contribution >= 0.6 is 11.8 Å². The number of ether oxygens (including phenoxy) is 2. The zero-order chi connectivity index (χ0) is 19.1. The molecule has 0 spiro atoms. The van der Waals surface area contributed by atoms with E-state index in [0.717, 1.165) is 30.1 Å². The SMILES string of the molecule is CCOc1ccc(C#N)cc1NC(=O)c1ccccc1SCC1CCCO1. The van der Waals surface area contributed by atoms with Gasteiger partial charge in [-0.1, -0.05) is 12.1 Å². The van der Waals surface area contributed by atoms with Gasteiger partial charge < -0.3 is 14.8 Å². The van der Waals surface area contributed by atoms with E-state index in [4.69, 9.17) is 14.7 Å². The van der Waals surface area contributed by atoms with E-state index in [0.29, 0.717) is 29.2 Å². The monoisotopic (exact) mass is 382 g/mol. The summed E-state index contributed by atoms with van der Waals surface area (Å²) < 4.78 is 11.2. The van der Waals surface area contributed by atoms with Crippen molar-refractivity contribution in [2.75, 3.05) is 24.3 Å². The standard InChI is InChI=1S/C21H22N2O3S/c1-2-25-19-10-9-15(13-22)12-18(19)23-21(24)17-7-3-4-8-20(17)27-14-16-6-5-11-26-16/h3-4,7-10,12,16H,2,5-6,11,14H2,1H3,(H,23,24). The first-order valence-electron chi connectivity index (χ1n) is 9.03. The van der Waals surface area contributed by atoms with Crippen molar-refractivity contribution in [2.45, 2.75) is 30.8 Å². The summed E-state index contributed by atoms with van der Waals surface area (Å²) in [7, 11) is 0. The quantitative estimate of drug-likeness (QED) is 0.715. The van der Waals surface area contributed by atoms with Gasteiger partial charge in [-0.15, -0.1) is 11.8 Å². The average Bonchev–Trinajstić information content (AvgIpc) is 3.21. The number of amides is 1. The lowest BCUT2D eigenvalue weighted by Gasteiger charge is -2.14. The fourth-order valence-corrected chi connectivity index (χ4v) is 4.03. The van der Waals surface area contributed by atoms with Crippen molar-refractivity contribution < 1.29 is 14.3 Å². The molecule has 140 valence electrons. The minimum absolute atomic E-state index is 0.221. The summed E-state index contributed by atoms with van der Waals surface area (Å²) in [6, 6.07) is 14.6. The molecule has 3 rings (SSSR count). The number of thioether (sulfide) groups is 1. The van der Waals surface area contributed by atoms with Gasteiger partial charge in [0.15, 0.2) is 0 Å². The van der Waals surface area contributed by atoms with Gasteiger partial charge in [0.25, 0.3) is 5.91 Å². The van der Waals surface area contributed by atoms with Gasteiger partial charge in [0.05, 0.1) is 35.6 Å². The van der Waals surface area contributed by atoms with Gasteiger partial charge in [0.1, 0.15) is 5.75 Å². The smallest absolute Gasteiger partial charge is 0.256 e. The summed E-state index contributed by atoms with van der Waals surface area (Å²) in [5.74, 6) is 1.16. The molecule has 0 radical (unpaired) electrons. The highest BCUT2D eigenvalue weighted by molar-refractivity contribution is 7.99. The number of carbonyl (C=O) groups excluding carboxylic acids is 1. The van der Waals surface area contributed by atoms with E-state index in [-0.39, 0.29) is 12.0 Å². The van der Waals surface area contributed by atoms with Crippen molar-refractivity contribution in [1.29, 1.82) is 5.26 Å². The number of nitriles is 1. The Labute approximate surface area is 163 Å². The van der Waals surface area contributed by atoms with Crippen molar-refractivity contribution in [1.82, 2.24) is 0 Å². The van der Waals surface area contributed by atoms with E-state index < -0.39 is 0 Å². The molecule has 1 aliphatic heterocycles. The molecule has 2 aromatic carbocycles. The van der Waals surface area contributed by atoms with Crippen LogP contribution in [0.15, 0.2) is 47.4 Å². The van der Waals surface area contributed by atoms with Crippen molar-refractivity contribution in [2.24, 2.45) is 0 Å². The number of nitrogens with zero attached hydrogens (tertiary/aromatic N) is 1. The fraction of sp³-hybridized carbons (Fsp3) is 0.333. The maximum Gasteiger partial charge on any atom is 0.256 e. The van der Waals surface area contributed by atoms with Crippen LogP contribution in [0.25, 0.3) is 0 Å².